The summed E-state index contributed by atoms with van der Waals surface area (Å²) in [5, 5.41) is 4.85. The van der Waals surface area contributed by atoms with Gasteiger partial charge in [0.25, 0.3) is 5.91 Å². The van der Waals surface area contributed by atoms with E-state index in [4.69, 9.17) is 22.1 Å². The Kier molecular flexibility index (Phi) is 7.06. The summed E-state index contributed by atoms with van der Waals surface area (Å²) in [4.78, 5) is 15.3. The first-order valence-electron chi connectivity index (χ1n) is 11.7. The number of amides is 1. The smallest absolute Gasteiger partial charge is 0.266 e. The summed E-state index contributed by atoms with van der Waals surface area (Å²) in [5.74, 6) is 0.525. The quantitative estimate of drug-likeness (QED) is 0.237. The summed E-state index contributed by atoms with van der Waals surface area (Å²) < 4.78 is 31.9. The molecule has 1 aromatic heterocycles. The predicted octanol–water partition coefficient (Wildman–Crippen LogP) is 4.80. The maximum atomic E-state index is 13.3. The first kappa shape index (κ1) is 25.4. The van der Waals surface area contributed by atoms with Gasteiger partial charge in [0.1, 0.15) is 22.4 Å². The molecule has 2 fully saturated rings. The van der Waals surface area contributed by atoms with Gasteiger partial charge in [0.2, 0.25) is 0 Å². The van der Waals surface area contributed by atoms with Crippen molar-refractivity contribution in [3.63, 3.8) is 0 Å². The van der Waals surface area contributed by atoms with Gasteiger partial charge in [-0.1, -0.05) is 54.8 Å². The Labute approximate surface area is 225 Å². The van der Waals surface area contributed by atoms with Gasteiger partial charge in [-0.15, -0.1) is 0 Å². The Morgan fingerprint density at radius 2 is 2.03 bits per heavy atom. The van der Waals surface area contributed by atoms with E-state index >= 15 is 0 Å². The van der Waals surface area contributed by atoms with E-state index in [9.17, 15) is 13.2 Å². The van der Waals surface area contributed by atoms with Crippen LogP contribution in [0.3, 0.4) is 0 Å². The Balaban J connectivity index is 1.54. The average Bonchev–Trinajstić information content (AvgIpc) is 3.54. The lowest BCUT2D eigenvalue weighted by Crippen LogP contribution is -2.39. The highest BCUT2D eigenvalue weighted by Gasteiger charge is 2.42. The van der Waals surface area contributed by atoms with Crippen LogP contribution in [0.4, 0.5) is 0 Å². The summed E-state index contributed by atoms with van der Waals surface area (Å²) in [7, 11) is -3.15. The number of nitrogens with zero attached hydrogens (tertiary/aromatic N) is 3. The molecular weight excluding hydrogens is 527 g/mol. The van der Waals surface area contributed by atoms with Gasteiger partial charge < -0.3 is 4.74 Å². The van der Waals surface area contributed by atoms with Crippen molar-refractivity contribution >= 4 is 50.1 Å². The van der Waals surface area contributed by atoms with E-state index in [1.165, 1.54) is 16.7 Å². The third-order valence-electron chi connectivity index (χ3n) is 6.25. The van der Waals surface area contributed by atoms with Crippen LogP contribution in [0.25, 0.3) is 23.0 Å². The Morgan fingerprint density at radius 3 is 2.70 bits per heavy atom. The second-order valence-electron chi connectivity index (χ2n) is 8.90. The SMILES string of the molecule is C=CCOc1ccc(-c2nn(-c3ccccc3)cc2/C=C2\SC(=S)N(C3CCS(=O)(=O)C3)C2=O)cc1C. The van der Waals surface area contributed by atoms with Crippen LogP contribution in [0.1, 0.15) is 17.5 Å². The van der Waals surface area contributed by atoms with Crippen LogP contribution in [0, 0.1) is 6.92 Å². The van der Waals surface area contributed by atoms with Crippen molar-refractivity contribution in [2.45, 2.75) is 19.4 Å². The van der Waals surface area contributed by atoms with Crippen molar-refractivity contribution in [3.8, 4) is 22.7 Å². The Hall–Kier alpha value is -3.21. The van der Waals surface area contributed by atoms with Gasteiger partial charge in [-0.25, -0.2) is 13.1 Å². The molecule has 2 saturated heterocycles. The fourth-order valence-electron chi connectivity index (χ4n) is 4.45. The van der Waals surface area contributed by atoms with Crippen molar-refractivity contribution in [1.82, 2.24) is 14.7 Å². The molecular formula is C27H25N3O4S3. The second kappa shape index (κ2) is 10.3. The zero-order valence-electron chi connectivity index (χ0n) is 20.2. The number of aryl methyl sites for hydroxylation is 1. The number of ether oxygens (including phenoxy) is 1. The zero-order chi connectivity index (χ0) is 26.2. The third-order valence-corrected chi connectivity index (χ3v) is 9.33. The van der Waals surface area contributed by atoms with Crippen LogP contribution in [0.2, 0.25) is 0 Å². The molecule has 0 radical (unpaired) electrons. The molecule has 3 aromatic rings. The van der Waals surface area contributed by atoms with Crippen molar-refractivity contribution in [1.29, 1.82) is 0 Å². The lowest BCUT2D eigenvalue weighted by Gasteiger charge is -2.20. The molecule has 5 rings (SSSR count). The largest absolute Gasteiger partial charge is 0.489 e. The summed E-state index contributed by atoms with van der Waals surface area (Å²) in [6.45, 7) is 6.08. The highest BCUT2D eigenvalue weighted by molar-refractivity contribution is 8.26. The van der Waals surface area contributed by atoms with Gasteiger partial charge in [0.15, 0.2) is 9.84 Å². The maximum Gasteiger partial charge on any atom is 0.266 e. The lowest BCUT2D eigenvalue weighted by molar-refractivity contribution is -0.123. The second-order valence-corrected chi connectivity index (χ2v) is 12.8. The number of carbonyl (C=O) groups excluding carboxylic acids is 1. The van der Waals surface area contributed by atoms with E-state index in [1.54, 1.807) is 16.8 Å². The number of aromatic nitrogens is 2. The van der Waals surface area contributed by atoms with Crippen molar-refractivity contribution < 1.29 is 17.9 Å². The molecule has 2 aliphatic rings. The first-order chi connectivity index (χ1) is 17.8. The summed E-state index contributed by atoms with van der Waals surface area (Å²) in [5.41, 5.74) is 4.17. The van der Waals surface area contributed by atoms with Crippen molar-refractivity contribution in [2.75, 3.05) is 18.1 Å². The molecule has 0 spiro atoms. The number of thiocarbonyl (C=S) groups is 1. The zero-order valence-corrected chi connectivity index (χ0v) is 22.6. The molecule has 1 amide bonds. The molecule has 10 heteroatoms. The average molecular weight is 552 g/mol. The van der Waals surface area contributed by atoms with Gasteiger partial charge in [-0.3, -0.25) is 9.69 Å². The molecule has 7 nitrogen and oxygen atoms in total. The minimum absolute atomic E-state index is 0.0521. The number of sulfone groups is 1. The monoisotopic (exact) mass is 551 g/mol. The molecule has 190 valence electrons. The van der Waals surface area contributed by atoms with Crippen molar-refractivity contribution in [3.05, 3.63) is 83.4 Å². The normalized spacial score (nSPS) is 20.1. The first-order valence-corrected chi connectivity index (χ1v) is 14.8. The van der Waals surface area contributed by atoms with E-state index in [1.807, 2.05) is 61.7 Å². The van der Waals surface area contributed by atoms with Crippen LogP contribution < -0.4 is 4.74 Å². The molecule has 1 atom stereocenters. The highest BCUT2D eigenvalue weighted by atomic mass is 32.2. The van der Waals surface area contributed by atoms with Crippen LogP contribution in [0.15, 0.2) is 72.3 Å². The number of rotatable bonds is 7. The summed E-state index contributed by atoms with van der Waals surface area (Å²) in [6.07, 6.45) is 5.78. The third kappa shape index (κ3) is 5.27. The molecule has 3 heterocycles. The van der Waals surface area contributed by atoms with Gasteiger partial charge in [0.05, 0.1) is 28.1 Å². The minimum atomic E-state index is -3.15. The summed E-state index contributed by atoms with van der Waals surface area (Å²) in [6, 6.07) is 15.2. The van der Waals surface area contributed by atoms with Crippen LogP contribution in [0.5, 0.6) is 5.75 Å². The van der Waals surface area contributed by atoms with Crippen LogP contribution in [-0.4, -0.2) is 57.5 Å². The fraction of sp³-hybridized carbons (Fsp3) is 0.222. The summed E-state index contributed by atoms with van der Waals surface area (Å²) >= 11 is 6.68. The van der Waals surface area contributed by atoms with Crippen molar-refractivity contribution in [2.24, 2.45) is 0 Å². The molecule has 2 aromatic carbocycles. The van der Waals surface area contributed by atoms with E-state index < -0.39 is 15.9 Å². The molecule has 2 aliphatic heterocycles. The van der Waals surface area contributed by atoms with Gasteiger partial charge in [0, 0.05) is 17.3 Å². The Bertz CT molecular complexity index is 1530. The van der Waals surface area contributed by atoms with Gasteiger partial charge in [-0.2, -0.15) is 5.10 Å². The van der Waals surface area contributed by atoms with E-state index in [-0.39, 0.29) is 17.4 Å². The number of carbonyl (C=O) groups is 1. The standard InChI is InChI=1S/C27H25N3O4S3/c1-3-12-34-23-10-9-19(14-18(23)2)25-20(16-29(28-25)21-7-5-4-6-8-21)15-24-26(31)30(27(35)36-24)22-11-13-37(32,33)17-22/h3-10,14-16,22H,1,11-13,17H2,2H3/b24-15-. The lowest BCUT2D eigenvalue weighted by atomic mass is 10.0. The molecule has 37 heavy (non-hydrogen) atoms. The van der Waals surface area contributed by atoms with E-state index in [0.29, 0.717) is 27.9 Å². The number of benzene rings is 2. The number of hydrogen-bond acceptors (Lipinski definition) is 7. The maximum absolute atomic E-state index is 13.3. The number of hydrogen-bond donors (Lipinski definition) is 0. The minimum Gasteiger partial charge on any atom is -0.489 e. The molecule has 1 unspecified atom stereocenters. The number of thioether (sulfide) groups is 1. The van der Waals surface area contributed by atoms with Crippen LogP contribution >= 0.6 is 24.0 Å². The highest BCUT2D eigenvalue weighted by Crippen LogP contribution is 2.38. The van der Waals surface area contributed by atoms with Crippen LogP contribution in [-0.2, 0) is 14.6 Å². The Morgan fingerprint density at radius 1 is 1.24 bits per heavy atom. The molecule has 0 saturated carbocycles. The molecule has 0 bridgehead atoms. The molecule has 0 aliphatic carbocycles. The number of para-hydroxylation sites is 1. The fourth-order valence-corrected chi connectivity index (χ4v) is 7.54. The van der Waals surface area contributed by atoms with Gasteiger partial charge in [-0.05, 0) is 55.3 Å². The predicted molar refractivity (Wildman–Crippen MR) is 151 cm³/mol. The molecule has 0 N–H and O–H groups in total. The van der Waals surface area contributed by atoms with E-state index in [2.05, 4.69) is 6.58 Å². The van der Waals surface area contributed by atoms with E-state index in [0.717, 1.165) is 28.1 Å². The van der Waals surface area contributed by atoms with Gasteiger partial charge >= 0.3 is 0 Å². The topological polar surface area (TPSA) is 81.5 Å².